The second-order valence-electron chi connectivity index (χ2n) is 6.82. The number of hydrogen-bond acceptors (Lipinski definition) is 4. The number of amides is 1. The summed E-state index contributed by atoms with van der Waals surface area (Å²) in [4.78, 5) is 31.4. The molecule has 146 valence electrons. The van der Waals surface area contributed by atoms with E-state index >= 15 is 0 Å². The van der Waals surface area contributed by atoms with Crippen LogP contribution in [0.4, 0.5) is 5.69 Å². The van der Waals surface area contributed by atoms with Crippen LogP contribution in [0.2, 0.25) is 0 Å². The lowest BCUT2D eigenvalue weighted by molar-refractivity contribution is 0.103. The number of carbonyl (C=O) groups is 1. The van der Waals surface area contributed by atoms with Gasteiger partial charge in [0.15, 0.2) is 0 Å². The zero-order valence-electron chi connectivity index (χ0n) is 15.9. The van der Waals surface area contributed by atoms with E-state index in [0.29, 0.717) is 32.9 Å². The summed E-state index contributed by atoms with van der Waals surface area (Å²) in [6.45, 7) is 4.23. The number of halogens is 1. The highest BCUT2D eigenvalue weighted by molar-refractivity contribution is 9.10. The van der Waals surface area contributed by atoms with Gasteiger partial charge < -0.3 is 5.32 Å². The normalized spacial score (nSPS) is 11.0. The summed E-state index contributed by atoms with van der Waals surface area (Å²) in [5.41, 5.74) is 3.33. The van der Waals surface area contributed by atoms with Gasteiger partial charge in [-0.1, -0.05) is 52.3 Å². The molecule has 0 saturated carbocycles. The highest BCUT2D eigenvalue weighted by atomic mass is 79.9. The molecule has 0 bridgehead atoms. The van der Waals surface area contributed by atoms with Crippen LogP contribution in [0, 0.1) is 13.8 Å². The first-order valence-corrected chi connectivity index (χ1v) is 10.6. The van der Waals surface area contributed by atoms with Gasteiger partial charge in [-0.15, -0.1) is 11.3 Å². The summed E-state index contributed by atoms with van der Waals surface area (Å²) in [5, 5.41) is 3.41. The molecule has 29 heavy (non-hydrogen) atoms. The van der Waals surface area contributed by atoms with Gasteiger partial charge in [0.05, 0.1) is 23.1 Å². The third-order valence-electron chi connectivity index (χ3n) is 4.75. The highest BCUT2D eigenvalue weighted by Crippen LogP contribution is 2.28. The fourth-order valence-corrected chi connectivity index (χ4v) is 4.54. The minimum Gasteiger partial charge on any atom is -0.321 e. The first kappa shape index (κ1) is 19.5. The Labute approximate surface area is 180 Å². The third-order valence-corrected chi connectivity index (χ3v) is 6.80. The average Bonchev–Trinajstić information content (AvgIpc) is 3.05. The molecule has 0 aliphatic heterocycles. The SMILES string of the molecule is Cc1ccc(NC(=O)c2sc3ncn(Cc4ccccc4)c(=O)c3c2C)cc1Br. The second kappa shape index (κ2) is 7.93. The van der Waals surface area contributed by atoms with E-state index in [1.807, 2.05) is 55.5 Å². The number of aromatic nitrogens is 2. The number of benzene rings is 2. The Kier molecular flexibility index (Phi) is 5.34. The quantitative estimate of drug-likeness (QED) is 0.451. The van der Waals surface area contributed by atoms with Crippen LogP contribution in [0.15, 0.2) is 64.1 Å². The molecule has 4 rings (SSSR count). The lowest BCUT2D eigenvalue weighted by Crippen LogP contribution is -2.21. The Bertz CT molecular complexity index is 1280. The van der Waals surface area contributed by atoms with Gasteiger partial charge in [0.2, 0.25) is 0 Å². The van der Waals surface area contributed by atoms with Gasteiger partial charge in [-0.25, -0.2) is 4.98 Å². The molecule has 2 aromatic carbocycles. The lowest BCUT2D eigenvalue weighted by atomic mass is 10.2. The zero-order valence-corrected chi connectivity index (χ0v) is 18.3. The number of carbonyl (C=O) groups excluding carboxylic acids is 1. The van der Waals surface area contributed by atoms with E-state index in [0.717, 1.165) is 15.6 Å². The topological polar surface area (TPSA) is 64.0 Å². The molecule has 4 aromatic rings. The number of hydrogen-bond donors (Lipinski definition) is 1. The minimum absolute atomic E-state index is 0.135. The molecule has 5 nitrogen and oxygen atoms in total. The maximum absolute atomic E-state index is 13.0. The Hall–Kier alpha value is -2.77. The summed E-state index contributed by atoms with van der Waals surface area (Å²) in [6.07, 6.45) is 1.55. The third kappa shape index (κ3) is 3.88. The Morgan fingerprint density at radius 1 is 1.17 bits per heavy atom. The standard InChI is InChI=1S/C22H18BrN3O2S/c1-13-8-9-16(10-17(13)23)25-20(27)19-14(2)18-21(29-19)24-12-26(22(18)28)11-15-6-4-3-5-7-15/h3-10,12H,11H2,1-2H3,(H,25,27). The van der Waals surface area contributed by atoms with Gasteiger partial charge in [-0.05, 0) is 42.7 Å². The van der Waals surface area contributed by atoms with Crippen molar-refractivity contribution in [3.63, 3.8) is 0 Å². The number of rotatable bonds is 4. The maximum atomic E-state index is 13.0. The van der Waals surface area contributed by atoms with Crippen molar-refractivity contribution < 1.29 is 4.79 Å². The molecule has 0 aliphatic carbocycles. The zero-order chi connectivity index (χ0) is 20.5. The van der Waals surface area contributed by atoms with Crippen molar-refractivity contribution in [3.05, 3.63) is 91.3 Å². The second-order valence-corrected chi connectivity index (χ2v) is 8.67. The molecule has 0 radical (unpaired) electrons. The van der Waals surface area contributed by atoms with Crippen molar-refractivity contribution in [1.29, 1.82) is 0 Å². The molecular formula is C22H18BrN3O2S. The van der Waals surface area contributed by atoms with Gasteiger partial charge in [0.25, 0.3) is 11.5 Å². The molecule has 0 saturated heterocycles. The molecule has 7 heteroatoms. The highest BCUT2D eigenvalue weighted by Gasteiger charge is 2.20. The average molecular weight is 468 g/mol. The van der Waals surface area contributed by atoms with Crippen molar-refractivity contribution in [1.82, 2.24) is 9.55 Å². The Morgan fingerprint density at radius 2 is 1.93 bits per heavy atom. The number of aryl methyl sites for hydroxylation is 2. The Balaban J connectivity index is 1.68. The number of thiophene rings is 1. The van der Waals surface area contributed by atoms with Gasteiger partial charge in [-0.2, -0.15) is 0 Å². The molecule has 0 fully saturated rings. The van der Waals surface area contributed by atoms with Gasteiger partial charge in [0.1, 0.15) is 4.83 Å². The molecule has 0 unspecified atom stereocenters. The van der Waals surface area contributed by atoms with E-state index in [1.54, 1.807) is 17.8 Å². The summed E-state index contributed by atoms with van der Waals surface area (Å²) >= 11 is 4.72. The Morgan fingerprint density at radius 3 is 2.66 bits per heavy atom. The van der Waals surface area contributed by atoms with Crippen LogP contribution in [-0.2, 0) is 6.54 Å². The number of nitrogens with one attached hydrogen (secondary N) is 1. The summed E-state index contributed by atoms with van der Waals surface area (Å²) in [6, 6.07) is 15.4. The summed E-state index contributed by atoms with van der Waals surface area (Å²) < 4.78 is 2.50. The molecule has 1 N–H and O–H groups in total. The monoisotopic (exact) mass is 467 g/mol. The van der Waals surface area contributed by atoms with Crippen LogP contribution in [0.5, 0.6) is 0 Å². The van der Waals surface area contributed by atoms with Crippen molar-refractivity contribution in [2.45, 2.75) is 20.4 Å². The van der Waals surface area contributed by atoms with E-state index in [-0.39, 0.29) is 11.5 Å². The van der Waals surface area contributed by atoms with Crippen LogP contribution < -0.4 is 10.9 Å². The van der Waals surface area contributed by atoms with E-state index < -0.39 is 0 Å². The van der Waals surface area contributed by atoms with E-state index in [2.05, 4.69) is 26.2 Å². The number of fused-ring (bicyclic) bond motifs is 1. The van der Waals surface area contributed by atoms with Crippen LogP contribution in [0.25, 0.3) is 10.2 Å². The molecule has 2 aromatic heterocycles. The molecule has 0 spiro atoms. The van der Waals surface area contributed by atoms with Crippen molar-refractivity contribution in [2.75, 3.05) is 5.32 Å². The minimum atomic E-state index is -0.240. The van der Waals surface area contributed by atoms with Crippen molar-refractivity contribution >= 4 is 49.1 Å². The van der Waals surface area contributed by atoms with Gasteiger partial charge in [0, 0.05) is 10.2 Å². The van der Waals surface area contributed by atoms with E-state index in [4.69, 9.17) is 0 Å². The summed E-state index contributed by atoms with van der Waals surface area (Å²) in [7, 11) is 0. The van der Waals surface area contributed by atoms with Crippen molar-refractivity contribution in [2.24, 2.45) is 0 Å². The van der Waals surface area contributed by atoms with Gasteiger partial charge in [-0.3, -0.25) is 14.2 Å². The first-order valence-electron chi connectivity index (χ1n) is 9.04. The first-order chi connectivity index (χ1) is 13.9. The molecular weight excluding hydrogens is 450 g/mol. The van der Waals surface area contributed by atoms with Crippen molar-refractivity contribution in [3.8, 4) is 0 Å². The molecule has 0 atom stereocenters. The molecule has 2 heterocycles. The van der Waals surface area contributed by atoms with Crippen LogP contribution >= 0.6 is 27.3 Å². The van der Waals surface area contributed by atoms with E-state index in [1.165, 1.54) is 11.3 Å². The molecule has 1 amide bonds. The van der Waals surface area contributed by atoms with Crippen LogP contribution in [-0.4, -0.2) is 15.5 Å². The molecule has 0 aliphatic rings. The van der Waals surface area contributed by atoms with E-state index in [9.17, 15) is 9.59 Å². The maximum Gasteiger partial charge on any atom is 0.266 e. The predicted molar refractivity (Wildman–Crippen MR) is 121 cm³/mol. The lowest BCUT2D eigenvalue weighted by Gasteiger charge is -2.07. The predicted octanol–water partition coefficient (Wildman–Crippen LogP) is 5.14. The summed E-state index contributed by atoms with van der Waals surface area (Å²) in [5.74, 6) is -0.240. The number of anilines is 1. The smallest absolute Gasteiger partial charge is 0.266 e. The van der Waals surface area contributed by atoms with Crippen LogP contribution in [0.3, 0.4) is 0 Å². The number of nitrogens with zero attached hydrogens (tertiary/aromatic N) is 2. The van der Waals surface area contributed by atoms with Gasteiger partial charge >= 0.3 is 0 Å². The van der Waals surface area contributed by atoms with Crippen LogP contribution in [0.1, 0.15) is 26.4 Å². The fraction of sp³-hybridized carbons (Fsp3) is 0.136. The fourth-order valence-electron chi connectivity index (χ4n) is 3.13. The largest absolute Gasteiger partial charge is 0.321 e.